The summed E-state index contributed by atoms with van der Waals surface area (Å²) in [7, 11) is 0. The van der Waals surface area contributed by atoms with Crippen molar-refractivity contribution in [3.05, 3.63) is 71.8 Å². The SMILES string of the molecule is CCOC(=O)c1ccc(NC(=O)C[C@@H]2S\C(=N/N=C\C=C\c3ccccc3)NC2=O)cc1. The molecule has 2 amide bonds. The number of nitrogens with one attached hydrogen (secondary N) is 2. The van der Waals surface area contributed by atoms with Crippen molar-refractivity contribution < 1.29 is 19.1 Å². The fourth-order valence-electron chi connectivity index (χ4n) is 2.71. The van der Waals surface area contributed by atoms with Crippen LogP contribution in [0.1, 0.15) is 29.3 Å². The van der Waals surface area contributed by atoms with Crippen molar-refractivity contribution in [2.24, 2.45) is 10.2 Å². The highest BCUT2D eigenvalue weighted by Crippen LogP contribution is 2.23. The molecule has 0 aromatic heterocycles. The summed E-state index contributed by atoms with van der Waals surface area (Å²) in [4.78, 5) is 36.1. The number of allylic oxidation sites excluding steroid dienone is 1. The first-order valence-electron chi connectivity index (χ1n) is 9.92. The van der Waals surface area contributed by atoms with Crippen molar-refractivity contribution in [1.82, 2.24) is 5.32 Å². The lowest BCUT2D eigenvalue weighted by molar-refractivity contribution is -0.122. The fraction of sp³-hybridized carbons (Fsp3) is 0.174. The van der Waals surface area contributed by atoms with Gasteiger partial charge in [0.05, 0.1) is 12.2 Å². The fourth-order valence-corrected chi connectivity index (χ4v) is 3.64. The van der Waals surface area contributed by atoms with E-state index in [-0.39, 0.29) is 18.2 Å². The molecule has 0 unspecified atom stereocenters. The molecular formula is C23H22N4O4S. The predicted molar refractivity (Wildman–Crippen MR) is 127 cm³/mol. The zero-order chi connectivity index (χ0) is 22.8. The predicted octanol–water partition coefficient (Wildman–Crippen LogP) is 3.48. The number of thioether (sulfide) groups is 1. The van der Waals surface area contributed by atoms with E-state index in [1.165, 1.54) is 6.21 Å². The lowest BCUT2D eigenvalue weighted by atomic mass is 10.2. The van der Waals surface area contributed by atoms with Crippen LogP contribution in [-0.4, -0.2) is 41.0 Å². The lowest BCUT2D eigenvalue weighted by Gasteiger charge is -2.08. The third-order valence-electron chi connectivity index (χ3n) is 4.22. The van der Waals surface area contributed by atoms with Gasteiger partial charge in [-0.3, -0.25) is 9.59 Å². The summed E-state index contributed by atoms with van der Waals surface area (Å²) in [5.41, 5.74) is 1.96. The number of amidine groups is 1. The molecule has 0 saturated carbocycles. The van der Waals surface area contributed by atoms with Gasteiger partial charge in [-0.25, -0.2) is 4.79 Å². The lowest BCUT2D eigenvalue weighted by Crippen LogP contribution is -2.28. The van der Waals surface area contributed by atoms with Crippen LogP contribution in [0.4, 0.5) is 5.69 Å². The molecule has 32 heavy (non-hydrogen) atoms. The van der Waals surface area contributed by atoms with Crippen LogP contribution >= 0.6 is 11.8 Å². The highest BCUT2D eigenvalue weighted by Gasteiger charge is 2.32. The number of hydrogen-bond donors (Lipinski definition) is 2. The number of ether oxygens (including phenoxy) is 1. The Morgan fingerprint density at radius 3 is 2.62 bits per heavy atom. The van der Waals surface area contributed by atoms with E-state index in [9.17, 15) is 14.4 Å². The standard InChI is InChI=1S/C23H22N4O4S/c1-2-31-22(30)17-10-12-18(13-11-17)25-20(28)15-19-21(29)26-23(32-19)27-24-14-6-9-16-7-4-3-5-8-16/h3-14,19H,2,15H2,1H3,(H,25,28)(H,26,27,29)/b9-6+,24-14-/t19-/m0/s1. The number of benzene rings is 2. The summed E-state index contributed by atoms with van der Waals surface area (Å²) in [5, 5.41) is 13.0. The third-order valence-corrected chi connectivity index (χ3v) is 5.29. The van der Waals surface area contributed by atoms with Crippen molar-refractivity contribution in [3.8, 4) is 0 Å². The van der Waals surface area contributed by atoms with Gasteiger partial charge in [-0.15, -0.1) is 5.10 Å². The van der Waals surface area contributed by atoms with Crippen LogP contribution in [-0.2, 0) is 14.3 Å². The molecule has 8 nitrogen and oxygen atoms in total. The number of carbonyl (C=O) groups is 3. The minimum atomic E-state index is -0.595. The Labute approximate surface area is 189 Å². The third kappa shape index (κ3) is 6.92. The Bertz CT molecular complexity index is 1050. The molecule has 3 rings (SSSR count). The van der Waals surface area contributed by atoms with Gasteiger partial charge in [-0.1, -0.05) is 48.2 Å². The van der Waals surface area contributed by atoms with E-state index >= 15 is 0 Å². The van der Waals surface area contributed by atoms with Crippen molar-refractivity contribution in [2.75, 3.05) is 11.9 Å². The van der Waals surface area contributed by atoms with E-state index in [4.69, 9.17) is 4.74 Å². The first-order chi connectivity index (χ1) is 15.5. The van der Waals surface area contributed by atoms with Gasteiger partial charge in [0.1, 0.15) is 5.25 Å². The van der Waals surface area contributed by atoms with Gasteiger partial charge in [0.15, 0.2) is 5.17 Å². The first kappa shape index (κ1) is 23.0. The van der Waals surface area contributed by atoms with Crippen LogP contribution < -0.4 is 10.6 Å². The van der Waals surface area contributed by atoms with E-state index in [0.717, 1.165) is 17.3 Å². The van der Waals surface area contributed by atoms with E-state index in [1.54, 1.807) is 37.3 Å². The monoisotopic (exact) mass is 450 g/mol. The minimum absolute atomic E-state index is 0.0211. The van der Waals surface area contributed by atoms with Gasteiger partial charge < -0.3 is 15.4 Å². The molecule has 1 aliphatic heterocycles. The van der Waals surface area contributed by atoms with Crippen LogP contribution in [0.5, 0.6) is 0 Å². The van der Waals surface area contributed by atoms with Gasteiger partial charge in [0.2, 0.25) is 11.8 Å². The maximum absolute atomic E-state index is 12.3. The average molecular weight is 451 g/mol. The van der Waals surface area contributed by atoms with Gasteiger partial charge in [-0.2, -0.15) is 5.10 Å². The summed E-state index contributed by atoms with van der Waals surface area (Å²) in [6.45, 7) is 2.02. The van der Waals surface area contributed by atoms with E-state index in [1.807, 2.05) is 36.4 Å². The first-order valence-corrected chi connectivity index (χ1v) is 10.8. The molecule has 1 atom stereocenters. The molecule has 164 valence electrons. The van der Waals surface area contributed by atoms with Crippen LogP contribution in [0.15, 0.2) is 70.9 Å². The minimum Gasteiger partial charge on any atom is -0.462 e. The molecule has 1 fully saturated rings. The maximum atomic E-state index is 12.3. The molecule has 0 spiro atoms. The molecule has 9 heteroatoms. The number of amides is 2. The maximum Gasteiger partial charge on any atom is 0.338 e. The molecule has 2 aromatic rings. The largest absolute Gasteiger partial charge is 0.462 e. The molecule has 0 aliphatic carbocycles. The van der Waals surface area contributed by atoms with E-state index in [0.29, 0.717) is 23.0 Å². The summed E-state index contributed by atoms with van der Waals surface area (Å²) in [6, 6.07) is 16.1. The molecule has 0 radical (unpaired) electrons. The van der Waals surface area contributed by atoms with Crippen molar-refractivity contribution in [2.45, 2.75) is 18.6 Å². The summed E-state index contributed by atoms with van der Waals surface area (Å²) >= 11 is 1.15. The Balaban J connectivity index is 1.48. The second-order valence-corrected chi connectivity index (χ2v) is 7.78. The summed E-state index contributed by atoms with van der Waals surface area (Å²) in [5.74, 6) is -1.04. The van der Waals surface area contributed by atoms with E-state index in [2.05, 4.69) is 20.8 Å². The Morgan fingerprint density at radius 2 is 1.91 bits per heavy atom. The number of anilines is 1. The van der Waals surface area contributed by atoms with Gasteiger partial charge in [0.25, 0.3) is 0 Å². The zero-order valence-corrected chi connectivity index (χ0v) is 18.2. The summed E-state index contributed by atoms with van der Waals surface area (Å²) < 4.78 is 4.92. The quantitative estimate of drug-likeness (QED) is 0.364. The van der Waals surface area contributed by atoms with Crippen molar-refractivity contribution in [3.63, 3.8) is 0 Å². The molecule has 2 N–H and O–H groups in total. The molecule has 1 saturated heterocycles. The molecule has 1 aliphatic rings. The number of hydrogen-bond acceptors (Lipinski definition) is 7. The normalized spacial score (nSPS) is 17.1. The van der Waals surface area contributed by atoms with Gasteiger partial charge in [-0.05, 0) is 42.8 Å². The summed E-state index contributed by atoms with van der Waals surface area (Å²) in [6.07, 6.45) is 5.13. The number of rotatable bonds is 8. The molecule has 0 bridgehead atoms. The highest BCUT2D eigenvalue weighted by atomic mass is 32.2. The van der Waals surface area contributed by atoms with Crippen LogP contribution in [0.25, 0.3) is 6.08 Å². The molecule has 1 heterocycles. The molecular weight excluding hydrogens is 428 g/mol. The second kappa shape index (κ2) is 11.6. The van der Waals surface area contributed by atoms with Gasteiger partial charge in [0, 0.05) is 18.3 Å². The van der Waals surface area contributed by atoms with Crippen LogP contribution in [0.2, 0.25) is 0 Å². The second-order valence-electron chi connectivity index (χ2n) is 6.59. The van der Waals surface area contributed by atoms with Crippen molar-refractivity contribution in [1.29, 1.82) is 0 Å². The average Bonchev–Trinajstić information content (AvgIpc) is 3.13. The Kier molecular flexibility index (Phi) is 8.33. The van der Waals surface area contributed by atoms with Crippen LogP contribution in [0, 0.1) is 0 Å². The Morgan fingerprint density at radius 1 is 1.16 bits per heavy atom. The number of nitrogens with zero attached hydrogens (tertiary/aromatic N) is 2. The number of carbonyl (C=O) groups excluding carboxylic acids is 3. The molecule has 2 aromatic carbocycles. The van der Waals surface area contributed by atoms with E-state index < -0.39 is 11.2 Å². The highest BCUT2D eigenvalue weighted by molar-refractivity contribution is 8.15. The Hall–Kier alpha value is -3.72. The van der Waals surface area contributed by atoms with Crippen LogP contribution in [0.3, 0.4) is 0 Å². The van der Waals surface area contributed by atoms with Gasteiger partial charge >= 0.3 is 5.97 Å². The number of esters is 1. The topological polar surface area (TPSA) is 109 Å². The smallest absolute Gasteiger partial charge is 0.338 e. The zero-order valence-electron chi connectivity index (χ0n) is 17.4. The van der Waals surface area contributed by atoms with Crippen molar-refractivity contribution >= 4 is 52.7 Å².